The van der Waals surface area contributed by atoms with Crippen LogP contribution < -0.4 is 5.56 Å². The molecule has 2 aromatic heterocycles. The maximum Gasteiger partial charge on any atom is 0.256 e. The van der Waals surface area contributed by atoms with Gasteiger partial charge in [-0.25, -0.2) is 4.98 Å². The molecule has 7 heteroatoms. The van der Waals surface area contributed by atoms with Gasteiger partial charge in [-0.2, -0.15) is 0 Å². The van der Waals surface area contributed by atoms with Crippen molar-refractivity contribution in [3.05, 3.63) is 49.3 Å². The molecule has 2 aliphatic rings. The van der Waals surface area contributed by atoms with Crippen LogP contribution in [0.3, 0.4) is 0 Å². The molecule has 0 radical (unpaired) electrons. The number of hydrogen-bond acceptors (Lipinski definition) is 5. The molecular formula is C24H34N4O2S. The van der Waals surface area contributed by atoms with Gasteiger partial charge in [0.25, 0.3) is 5.56 Å². The first-order valence-electron chi connectivity index (χ1n) is 11.8. The zero-order valence-corrected chi connectivity index (χ0v) is 19.6. The number of aryl methyl sites for hydroxylation is 1. The van der Waals surface area contributed by atoms with Crippen LogP contribution in [0.5, 0.6) is 0 Å². The number of nitrogens with zero attached hydrogens (tertiary/aromatic N) is 3. The molecule has 0 spiro atoms. The molecule has 2 aliphatic heterocycles. The topological polar surface area (TPSA) is 69.3 Å². The summed E-state index contributed by atoms with van der Waals surface area (Å²) in [4.78, 5) is 40.2. The molecule has 0 bridgehead atoms. The first kappa shape index (κ1) is 22.2. The molecule has 1 saturated heterocycles. The molecule has 0 aliphatic carbocycles. The van der Waals surface area contributed by atoms with Crippen LogP contribution in [0, 0.1) is 0 Å². The third-order valence-electron chi connectivity index (χ3n) is 6.47. The summed E-state index contributed by atoms with van der Waals surface area (Å²) in [6, 6.07) is 4.55. The molecular weight excluding hydrogens is 408 g/mol. The Labute approximate surface area is 188 Å². The minimum absolute atomic E-state index is 0.0570. The Morgan fingerprint density at radius 1 is 1.16 bits per heavy atom. The van der Waals surface area contributed by atoms with E-state index in [-0.39, 0.29) is 11.5 Å². The van der Waals surface area contributed by atoms with Crippen LogP contribution in [0.4, 0.5) is 0 Å². The Balaban J connectivity index is 1.36. The van der Waals surface area contributed by atoms with Crippen molar-refractivity contribution in [1.29, 1.82) is 0 Å². The summed E-state index contributed by atoms with van der Waals surface area (Å²) in [6.07, 6.45) is 6.48. The van der Waals surface area contributed by atoms with Crippen molar-refractivity contribution in [3.8, 4) is 0 Å². The average molecular weight is 443 g/mol. The van der Waals surface area contributed by atoms with Gasteiger partial charge in [0.1, 0.15) is 5.82 Å². The summed E-state index contributed by atoms with van der Waals surface area (Å²) < 4.78 is 0. The van der Waals surface area contributed by atoms with Gasteiger partial charge in [-0.3, -0.25) is 14.5 Å². The highest BCUT2D eigenvalue weighted by Crippen LogP contribution is 2.28. The minimum atomic E-state index is -0.0570. The predicted octanol–water partition coefficient (Wildman–Crippen LogP) is 3.85. The van der Waals surface area contributed by atoms with Gasteiger partial charge < -0.3 is 9.88 Å². The van der Waals surface area contributed by atoms with Crippen LogP contribution in [0.2, 0.25) is 0 Å². The number of thiophene rings is 1. The van der Waals surface area contributed by atoms with E-state index < -0.39 is 0 Å². The maximum atomic E-state index is 12.8. The van der Waals surface area contributed by atoms with Gasteiger partial charge in [-0.15, -0.1) is 11.3 Å². The van der Waals surface area contributed by atoms with Gasteiger partial charge in [0.05, 0.1) is 17.8 Å². The second-order valence-electron chi connectivity index (χ2n) is 8.86. The second kappa shape index (κ2) is 10.1. The summed E-state index contributed by atoms with van der Waals surface area (Å²) in [7, 11) is 0. The number of hydrogen-bond donors (Lipinski definition) is 1. The van der Waals surface area contributed by atoms with Crippen molar-refractivity contribution >= 4 is 17.2 Å². The van der Waals surface area contributed by atoms with Crippen LogP contribution in [0.1, 0.15) is 78.7 Å². The quantitative estimate of drug-likeness (QED) is 0.707. The summed E-state index contributed by atoms with van der Waals surface area (Å²) >= 11 is 1.94. The molecule has 0 aromatic carbocycles. The Bertz CT molecular complexity index is 959. The van der Waals surface area contributed by atoms with E-state index in [0.717, 1.165) is 50.4 Å². The van der Waals surface area contributed by atoms with Crippen LogP contribution in [0.15, 0.2) is 16.9 Å². The van der Waals surface area contributed by atoms with Gasteiger partial charge in [-0.05, 0) is 50.9 Å². The highest BCUT2D eigenvalue weighted by Gasteiger charge is 2.27. The standard InChI is InChI=1S/C24H34N4O2S/c1-3-5-18-7-8-19(31-18)15-27-12-9-17(10-13-27)23-25-21-11-14-28(22(29)6-4-2)16-20(21)24(30)26-23/h7-8,17H,3-6,9-16H2,1-2H3,(H,25,26,30). The molecule has 2 aromatic rings. The second-order valence-corrected chi connectivity index (χ2v) is 10.1. The Kier molecular flexibility index (Phi) is 7.23. The first-order chi connectivity index (χ1) is 15.1. The van der Waals surface area contributed by atoms with E-state index in [0.29, 0.717) is 37.4 Å². The average Bonchev–Trinajstić information content (AvgIpc) is 3.21. The lowest BCUT2D eigenvalue weighted by Crippen LogP contribution is -2.40. The van der Waals surface area contributed by atoms with Gasteiger partial charge in [0.2, 0.25) is 5.91 Å². The minimum Gasteiger partial charge on any atom is -0.338 e. The number of aromatic amines is 1. The number of aromatic nitrogens is 2. The predicted molar refractivity (Wildman–Crippen MR) is 124 cm³/mol. The monoisotopic (exact) mass is 442 g/mol. The van der Waals surface area contributed by atoms with E-state index in [1.54, 1.807) is 4.90 Å². The molecule has 1 amide bonds. The first-order valence-corrected chi connectivity index (χ1v) is 12.6. The van der Waals surface area contributed by atoms with Crippen molar-refractivity contribution in [1.82, 2.24) is 19.8 Å². The smallest absolute Gasteiger partial charge is 0.256 e. The van der Waals surface area contributed by atoms with E-state index in [4.69, 9.17) is 4.98 Å². The number of likely N-dealkylation sites (tertiary alicyclic amines) is 1. The molecule has 1 fully saturated rings. The molecule has 31 heavy (non-hydrogen) atoms. The molecule has 168 valence electrons. The number of H-pyrrole nitrogens is 1. The summed E-state index contributed by atoms with van der Waals surface area (Å²) in [5, 5.41) is 0. The fourth-order valence-electron chi connectivity index (χ4n) is 4.70. The zero-order valence-electron chi connectivity index (χ0n) is 18.8. The highest BCUT2D eigenvalue weighted by molar-refractivity contribution is 7.11. The van der Waals surface area contributed by atoms with Crippen molar-refractivity contribution < 1.29 is 4.79 Å². The lowest BCUT2D eigenvalue weighted by atomic mass is 9.95. The van der Waals surface area contributed by atoms with E-state index in [9.17, 15) is 9.59 Å². The summed E-state index contributed by atoms with van der Waals surface area (Å²) in [5.74, 6) is 1.29. The summed E-state index contributed by atoms with van der Waals surface area (Å²) in [5.41, 5.74) is 1.51. The van der Waals surface area contributed by atoms with Gasteiger partial charge in [0.15, 0.2) is 0 Å². The largest absolute Gasteiger partial charge is 0.338 e. The third kappa shape index (κ3) is 5.26. The number of carbonyl (C=O) groups is 1. The number of nitrogens with one attached hydrogen (secondary N) is 1. The van der Waals surface area contributed by atoms with E-state index in [1.807, 2.05) is 18.3 Å². The Hall–Kier alpha value is -1.99. The van der Waals surface area contributed by atoms with Crippen molar-refractivity contribution in [3.63, 3.8) is 0 Å². The van der Waals surface area contributed by atoms with Gasteiger partial charge in [0, 0.05) is 41.6 Å². The molecule has 0 unspecified atom stereocenters. The molecule has 0 atom stereocenters. The molecule has 0 saturated carbocycles. The third-order valence-corrected chi connectivity index (χ3v) is 7.60. The fourth-order valence-corrected chi connectivity index (χ4v) is 5.86. The summed E-state index contributed by atoms with van der Waals surface area (Å²) in [6.45, 7) is 8.39. The van der Waals surface area contributed by atoms with E-state index in [1.165, 1.54) is 22.6 Å². The highest BCUT2D eigenvalue weighted by atomic mass is 32.1. The van der Waals surface area contributed by atoms with Crippen LogP contribution in [-0.4, -0.2) is 45.3 Å². The number of carbonyl (C=O) groups excluding carboxylic acids is 1. The number of rotatable bonds is 7. The lowest BCUT2D eigenvalue weighted by molar-refractivity contribution is -0.132. The van der Waals surface area contributed by atoms with Crippen molar-refractivity contribution in [2.75, 3.05) is 19.6 Å². The van der Waals surface area contributed by atoms with Gasteiger partial charge >= 0.3 is 0 Å². The van der Waals surface area contributed by atoms with E-state index in [2.05, 4.69) is 28.9 Å². The number of amides is 1. The van der Waals surface area contributed by atoms with Gasteiger partial charge in [-0.1, -0.05) is 20.3 Å². The maximum absolute atomic E-state index is 12.8. The fraction of sp³-hybridized carbons (Fsp3) is 0.625. The SMILES string of the molecule is CCCC(=O)N1CCc2nc(C3CCN(Cc4ccc(CCC)s4)CC3)[nH]c(=O)c2C1. The zero-order chi connectivity index (χ0) is 21.8. The molecule has 4 rings (SSSR count). The van der Waals surface area contributed by atoms with Crippen molar-refractivity contribution in [2.45, 2.75) is 77.8 Å². The number of piperidine rings is 1. The molecule has 6 nitrogen and oxygen atoms in total. The van der Waals surface area contributed by atoms with E-state index >= 15 is 0 Å². The Morgan fingerprint density at radius 2 is 1.94 bits per heavy atom. The number of fused-ring (bicyclic) bond motifs is 1. The van der Waals surface area contributed by atoms with Crippen LogP contribution in [0.25, 0.3) is 0 Å². The Morgan fingerprint density at radius 3 is 2.68 bits per heavy atom. The molecule has 4 heterocycles. The van der Waals surface area contributed by atoms with Crippen molar-refractivity contribution in [2.24, 2.45) is 0 Å². The van der Waals surface area contributed by atoms with Crippen LogP contribution in [-0.2, 0) is 30.7 Å². The normalized spacial score (nSPS) is 17.7. The van der Waals surface area contributed by atoms with Crippen LogP contribution >= 0.6 is 11.3 Å². The molecule has 1 N–H and O–H groups in total. The lowest BCUT2D eigenvalue weighted by Gasteiger charge is -2.32.